The van der Waals surface area contributed by atoms with Gasteiger partial charge in [0.1, 0.15) is 6.61 Å². The van der Waals surface area contributed by atoms with Gasteiger partial charge in [0.15, 0.2) is 0 Å². The Morgan fingerprint density at radius 1 is 1.33 bits per heavy atom. The highest BCUT2D eigenvalue weighted by Gasteiger charge is 2.16. The molecule has 1 aliphatic carbocycles. The molecule has 0 radical (unpaired) electrons. The first kappa shape index (κ1) is 13.8. The summed E-state index contributed by atoms with van der Waals surface area (Å²) < 4.78 is 5.61. The minimum atomic E-state index is -0.108. The minimum Gasteiger partial charge on any atom is -0.368 e. The first-order chi connectivity index (χ1) is 10.3. The molecule has 1 aliphatic rings. The molecule has 1 heterocycles. The number of amides is 1. The van der Waals surface area contributed by atoms with Gasteiger partial charge >= 0.3 is 0 Å². The molecule has 1 amide bonds. The maximum Gasteiger partial charge on any atom is 0.250 e. The fraction of sp³-hybridized carbons (Fsp3) is 0.375. The average Bonchev–Trinajstić information content (AvgIpc) is 3.19. The number of carbonyl (C=O) groups is 1. The summed E-state index contributed by atoms with van der Waals surface area (Å²) in [6, 6.07) is 9.56. The standard InChI is InChI=1S/C16H19N3O2/c20-16(11-21-14-6-1-2-7-14)18-13-5-3-4-12(10-13)15-8-9-17-19-15/h3-5,8-10,14H,1-2,6-7,11H2,(H,17,19)(H,18,20). The van der Waals surface area contributed by atoms with Crippen molar-refractivity contribution in [3.63, 3.8) is 0 Å². The number of aromatic amines is 1. The summed E-state index contributed by atoms with van der Waals surface area (Å²) in [4.78, 5) is 11.9. The lowest BCUT2D eigenvalue weighted by molar-refractivity contribution is -0.122. The molecule has 2 N–H and O–H groups in total. The monoisotopic (exact) mass is 285 g/mol. The van der Waals surface area contributed by atoms with Gasteiger partial charge in [0.05, 0.1) is 11.8 Å². The Morgan fingerprint density at radius 2 is 2.19 bits per heavy atom. The number of hydrogen-bond acceptors (Lipinski definition) is 3. The normalized spacial score (nSPS) is 15.2. The second-order valence-corrected chi connectivity index (χ2v) is 5.32. The largest absolute Gasteiger partial charge is 0.368 e. The zero-order valence-corrected chi connectivity index (χ0v) is 11.8. The van der Waals surface area contributed by atoms with Crippen LogP contribution < -0.4 is 5.32 Å². The second-order valence-electron chi connectivity index (χ2n) is 5.32. The van der Waals surface area contributed by atoms with Crippen molar-refractivity contribution in [2.75, 3.05) is 11.9 Å². The molecule has 0 atom stereocenters. The lowest BCUT2D eigenvalue weighted by atomic mass is 10.1. The van der Waals surface area contributed by atoms with Crippen molar-refractivity contribution in [3.8, 4) is 11.3 Å². The molecular weight excluding hydrogens is 266 g/mol. The van der Waals surface area contributed by atoms with Crippen LogP contribution in [0.15, 0.2) is 36.5 Å². The Hall–Kier alpha value is -2.14. The third-order valence-corrected chi connectivity index (χ3v) is 3.71. The summed E-state index contributed by atoms with van der Waals surface area (Å²) in [6.45, 7) is 0.124. The van der Waals surface area contributed by atoms with E-state index in [1.807, 2.05) is 30.3 Å². The Labute approximate surface area is 123 Å². The molecule has 21 heavy (non-hydrogen) atoms. The van der Waals surface area contributed by atoms with E-state index in [9.17, 15) is 4.79 Å². The number of nitrogens with zero attached hydrogens (tertiary/aromatic N) is 1. The Morgan fingerprint density at radius 3 is 2.95 bits per heavy atom. The van der Waals surface area contributed by atoms with Crippen LogP contribution in [0.4, 0.5) is 5.69 Å². The molecule has 1 fully saturated rings. The van der Waals surface area contributed by atoms with E-state index in [0.717, 1.165) is 29.8 Å². The van der Waals surface area contributed by atoms with E-state index in [0.29, 0.717) is 0 Å². The Bertz CT molecular complexity index is 589. The molecule has 0 aliphatic heterocycles. The van der Waals surface area contributed by atoms with Crippen LogP contribution in [0.25, 0.3) is 11.3 Å². The number of ether oxygens (including phenoxy) is 1. The summed E-state index contributed by atoms with van der Waals surface area (Å²) in [7, 11) is 0. The number of H-pyrrole nitrogens is 1. The molecule has 5 heteroatoms. The van der Waals surface area contributed by atoms with Crippen molar-refractivity contribution in [3.05, 3.63) is 36.5 Å². The van der Waals surface area contributed by atoms with Crippen molar-refractivity contribution in [2.24, 2.45) is 0 Å². The molecule has 0 spiro atoms. The van der Waals surface area contributed by atoms with E-state index in [-0.39, 0.29) is 18.6 Å². The molecular formula is C16H19N3O2. The van der Waals surface area contributed by atoms with Gasteiger partial charge in [-0.15, -0.1) is 0 Å². The van der Waals surface area contributed by atoms with Gasteiger partial charge in [-0.25, -0.2) is 0 Å². The quantitative estimate of drug-likeness (QED) is 0.887. The summed E-state index contributed by atoms with van der Waals surface area (Å²) in [5, 5.41) is 9.71. The summed E-state index contributed by atoms with van der Waals surface area (Å²) >= 11 is 0. The molecule has 110 valence electrons. The van der Waals surface area contributed by atoms with E-state index in [1.54, 1.807) is 6.20 Å². The molecule has 1 aromatic carbocycles. The fourth-order valence-corrected chi connectivity index (χ4v) is 2.63. The van der Waals surface area contributed by atoms with E-state index >= 15 is 0 Å². The third kappa shape index (κ3) is 3.70. The molecule has 0 unspecified atom stereocenters. The lowest BCUT2D eigenvalue weighted by Crippen LogP contribution is -2.21. The van der Waals surface area contributed by atoms with Crippen molar-refractivity contribution >= 4 is 11.6 Å². The minimum absolute atomic E-state index is 0.108. The van der Waals surface area contributed by atoms with Gasteiger partial charge in [0, 0.05) is 17.4 Å². The van der Waals surface area contributed by atoms with Crippen molar-refractivity contribution < 1.29 is 9.53 Å². The van der Waals surface area contributed by atoms with Crippen LogP contribution in [-0.4, -0.2) is 28.8 Å². The van der Waals surface area contributed by atoms with Crippen LogP contribution in [0.5, 0.6) is 0 Å². The van der Waals surface area contributed by atoms with E-state index in [2.05, 4.69) is 15.5 Å². The van der Waals surface area contributed by atoms with Crippen LogP contribution in [0.1, 0.15) is 25.7 Å². The molecule has 2 aromatic rings. The predicted molar refractivity (Wildman–Crippen MR) is 80.9 cm³/mol. The number of anilines is 1. The van der Waals surface area contributed by atoms with E-state index in [1.165, 1.54) is 12.8 Å². The zero-order valence-electron chi connectivity index (χ0n) is 11.8. The first-order valence-electron chi connectivity index (χ1n) is 7.32. The predicted octanol–water partition coefficient (Wildman–Crippen LogP) is 2.97. The van der Waals surface area contributed by atoms with Gasteiger partial charge in [-0.2, -0.15) is 5.10 Å². The van der Waals surface area contributed by atoms with Gasteiger partial charge in [-0.05, 0) is 31.0 Å². The topological polar surface area (TPSA) is 67.0 Å². The first-order valence-corrected chi connectivity index (χ1v) is 7.32. The number of nitrogens with one attached hydrogen (secondary N) is 2. The number of hydrogen-bond donors (Lipinski definition) is 2. The van der Waals surface area contributed by atoms with Crippen molar-refractivity contribution in [1.29, 1.82) is 0 Å². The average molecular weight is 285 g/mol. The maximum atomic E-state index is 11.9. The van der Waals surface area contributed by atoms with Crippen LogP contribution in [0.2, 0.25) is 0 Å². The van der Waals surface area contributed by atoms with Gasteiger partial charge in [0.2, 0.25) is 5.91 Å². The highest BCUT2D eigenvalue weighted by Crippen LogP contribution is 2.22. The van der Waals surface area contributed by atoms with Crippen LogP contribution >= 0.6 is 0 Å². The fourth-order valence-electron chi connectivity index (χ4n) is 2.63. The summed E-state index contributed by atoms with van der Waals surface area (Å²) in [6.07, 6.45) is 6.52. The number of rotatable bonds is 5. The van der Waals surface area contributed by atoms with Crippen LogP contribution in [-0.2, 0) is 9.53 Å². The van der Waals surface area contributed by atoms with Gasteiger partial charge < -0.3 is 10.1 Å². The summed E-state index contributed by atoms with van der Waals surface area (Å²) in [5.41, 5.74) is 2.68. The van der Waals surface area contributed by atoms with E-state index < -0.39 is 0 Å². The van der Waals surface area contributed by atoms with Crippen molar-refractivity contribution in [1.82, 2.24) is 10.2 Å². The molecule has 1 saturated carbocycles. The zero-order chi connectivity index (χ0) is 14.5. The third-order valence-electron chi connectivity index (χ3n) is 3.71. The molecule has 3 rings (SSSR count). The molecule has 0 bridgehead atoms. The van der Waals surface area contributed by atoms with Crippen LogP contribution in [0.3, 0.4) is 0 Å². The number of aromatic nitrogens is 2. The molecule has 0 saturated heterocycles. The number of carbonyl (C=O) groups excluding carboxylic acids is 1. The van der Waals surface area contributed by atoms with Gasteiger partial charge in [-0.3, -0.25) is 9.89 Å². The molecule has 5 nitrogen and oxygen atoms in total. The van der Waals surface area contributed by atoms with Crippen molar-refractivity contribution in [2.45, 2.75) is 31.8 Å². The number of benzene rings is 1. The smallest absolute Gasteiger partial charge is 0.250 e. The SMILES string of the molecule is O=C(COC1CCCC1)Nc1cccc(-c2ccn[nH]2)c1. The molecule has 1 aromatic heterocycles. The lowest BCUT2D eigenvalue weighted by Gasteiger charge is -2.11. The Balaban J connectivity index is 1.56. The highest BCUT2D eigenvalue weighted by molar-refractivity contribution is 5.92. The second kappa shape index (κ2) is 6.54. The van der Waals surface area contributed by atoms with Gasteiger partial charge in [0.25, 0.3) is 0 Å². The van der Waals surface area contributed by atoms with Crippen LogP contribution in [0, 0.1) is 0 Å². The van der Waals surface area contributed by atoms with Gasteiger partial charge in [-0.1, -0.05) is 25.0 Å². The summed E-state index contributed by atoms with van der Waals surface area (Å²) in [5.74, 6) is -0.108. The van der Waals surface area contributed by atoms with E-state index in [4.69, 9.17) is 4.74 Å². The highest BCUT2D eigenvalue weighted by atomic mass is 16.5. The maximum absolute atomic E-state index is 11.9. The Kier molecular flexibility index (Phi) is 4.31.